The molecule has 1 aromatic heterocycles. The van der Waals surface area contributed by atoms with Gasteiger partial charge in [0.15, 0.2) is 0 Å². The zero-order valence-corrected chi connectivity index (χ0v) is 16.7. The van der Waals surface area contributed by atoms with Crippen molar-refractivity contribution in [2.75, 3.05) is 5.32 Å². The molecule has 27 heavy (non-hydrogen) atoms. The Hall–Kier alpha value is -2.60. The van der Waals surface area contributed by atoms with Crippen molar-refractivity contribution in [2.45, 2.75) is 19.3 Å². The van der Waals surface area contributed by atoms with Crippen LogP contribution in [0.15, 0.2) is 63.9 Å². The first kappa shape index (κ1) is 17.8. The largest absolute Gasteiger partial charge is 0.320 e. The van der Waals surface area contributed by atoms with E-state index in [0.29, 0.717) is 5.69 Å². The monoisotopic (exact) mass is 425 g/mol. The van der Waals surface area contributed by atoms with E-state index in [0.717, 1.165) is 27.8 Å². The van der Waals surface area contributed by atoms with Crippen LogP contribution in [0, 0.1) is 12.8 Å². The minimum Gasteiger partial charge on any atom is -0.320 e. The fraction of sp³-hybridized carbons (Fsp3) is 0.238. The van der Waals surface area contributed by atoms with Crippen molar-refractivity contribution in [3.05, 3.63) is 80.7 Å². The number of hydrogen-bond donors (Lipinski definition) is 1. The summed E-state index contributed by atoms with van der Waals surface area (Å²) in [6, 6.07) is 17.5. The fourth-order valence-electron chi connectivity index (χ4n) is 3.52. The van der Waals surface area contributed by atoms with Gasteiger partial charge in [-0.1, -0.05) is 46.3 Å². The van der Waals surface area contributed by atoms with Gasteiger partial charge in [-0.3, -0.25) is 14.3 Å². The van der Waals surface area contributed by atoms with Crippen molar-refractivity contribution in [3.8, 4) is 5.69 Å². The molecular weight excluding hydrogens is 406 g/mol. The molecule has 138 valence electrons. The second-order valence-electron chi connectivity index (χ2n) is 6.93. The van der Waals surface area contributed by atoms with Crippen molar-refractivity contribution in [2.24, 2.45) is 13.0 Å². The zero-order valence-electron chi connectivity index (χ0n) is 15.1. The first-order valence-corrected chi connectivity index (χ1v) is 9.67. The van der Waals surface area contributed by atoms with Gasteiger partial charge in [0.1, 0.15) is 5.69 Å². The third-order valence-electron chi connectivity index (χ3n) is 5.21. The van der Waals surface area contributed by atoms with Gasteiger partial charge < -0.3 is 5.32 Å². The van der Waals surface area contributed by atoms with E-state index in [2.05, 4.69) is 21.2 Å². The number of aromatic nitrogens is 2. The summed E-state index contributed by atoms with van der Waals surface area (Å²) >= 11 is 3.47. The summed E-state index contributed by atoms with van der Waals surface area (Å²) in [5.74, 6) is 0.0253. The number of amides is 1. The Morgan fingerprint density at radius 1 is 1.15 bits per heavy atom. The van der Waals surface area contributed by atoms with E-state index in [1.165, 1.54) is 0 Å². The molecule has 0 aliphatic heterocycles. The molecule has 0 radical (unpaired) electrons. The molecule has 4 rings (SSSR count). The van der Waals surface area contributed by atoms with Crippen LogP contribution in [0.2, 0.25) is 0 Å². The molecule has 1 saturated carbocycles. The summed E-state index contributed by atoms with van der Waals surface area (Å²) in [6.07, 6.45) is 0.807. The maximum absolute atomic E-state index is 12.9. The van der Waals surface area contributed by atoms with Crippen LogP contribution in [-0.2, 0) is 11.8 Å². The van der Waals surface area contributed by atoms with E-state index >= 15 is 0 Å². The van der Waals surface area contributed by atoms with Gasteiger partial charge in [-0.25, -0.2) is 4.68 Å². The number of halogens is 1. The Morgan fingerprint density at radius 3 is 2.59 bits per heavy atom. The second-order valence-corrected chi connectivity index (χ2v) is 7.85. The first-order chi connectivity index (χ1) is 13.0. The van der Waals surface area contributed by atoms with Crippen molar-refractivity contribution in [1.29, 1.82) is 0 Å². The standard InChI is InChI=1S/C21H20BrN3O2/c1-13-19(21(27)25(24(13)2)16-9-4-3-5-10-16)23-20(26)18-12-17(18)14-7-6-8-15(22)11-14/h3-11,17-18H,12H2,1-2H3,(H,23,26). The third kappa shape index (κ3) is 3.25. The van der Waals surface area contributed by atoms with E-state index in [1.54, 1.807) is 9.36 Å². The van der Waals surface area contributed by atoms with Gasteiger partial charge >= 0.3 is 0 Å². The smallest absolute Gasteiger partial charge is 0.295 e. The van der Waals surface area contributed by atoms with Gasteiger partial charge in [0.2, 0.25) is 5.91 Å². The molecule has 0 bridgehead atoms. The van der Waals surface area contributed by atoms with Crippen LogP contribution in [-0.4, -0.2) is 15.3 Å². The predicted molar refractivity (Wildman–Crippen MR) is 109 cm³/mol. The second kappa shape index (κ2) is 6.85. The number of benzene rings is 2. The van der Waals surface area contributed by atoms with E-state index < -0.39 is 0 Å². The quantitative estimate of drug-likeness (QED) is 0.686. The molecule has 2 aromatic carbocycles. The molecule has 3 aromatic rings. The molecular formula is C21H20BrN3O2. The van der Waals surface area contributed by atoms with Gasteiger partial charge in [-0.05, 0) is 49.1 Å². The molecule has 0 spiro atoms. The molecule has 5 nitrogen and oxygen atoms in total. The number of nitrogens with one attached hydrogen (secondary N) is 1. The lowest BCUT2D eigenvalue weighted by Gasteiger charge is -2.07. The third-order valence-corrected chi connectivity index (χ3v) is 5.70. The van der Waals surface area contributed by atoms with Crippen LogP contribution in [0.5, 0.6) is 0 Å². The summed E-state index contributed by atoms with van der Waals surface area (Å²) in [5, 5.41) is 2.88. The van der Waals surface area contributed by atoms with Crippen molar-refractivity contribution in [1.82, 2.24) is 9.36 Å². The summed E-state index contributed by atoms with van der Waals surface area (Å²) < 4.78 is 4.35. The number of carbonyl (C=O) groups excluding carboxylic acids is 1. The van der Waals surface area contributed by atoms with Crippen LogP contribution in [0.1, 0.15) is 23.6 Å². The minimum absolute atomic E-state index is 0.0917. The highest BCUT2D eigenvalue weighted by Gasteiger charge is 2.44. The van der Waals surface area contributed by atoms with Gasteiger partial charge in [0.25, 0.3) is 5.56 Å². The molecule has 0 saturated heterocycles. The van der Waals surface area contributed by atoms with Crippen LogP contribution >= 0.6 is 15.9 Å². The molecule has 6 heteroatoms. The Labute approximate surface area is 165 Å². The minimum atomic E-state index is -0.214. The zero-order chi connectivity index (χ0) is 19.1. The van der Waals surface area contributed by atoms with Crippen LogP contribution < -0.4 is 10.9 Å². The first-order valence-electron chi connectivity index (χ1n) is 8.87. The molecule has 2 unspecified atom stereocenters. The summed E-state index contributed by atoms with van der Waals surface area (Å²) in [4.78, 5) is 25.6. The number of anilines is 1. The maximum atomic E-state index is 12.9. The average Bonchev–Trinajstić information content (AvgIpc) is 3.43. The number of nitrogens with zero attached hydrogens (tertiary/aromatic N) is 2. The highest BCUT2D eigenvalue weighted by atomic mass is 79.9. The Morgan fingerprint density at radius 2 is 1.89 bits per heavy atom. The van der Waals surface area contributed by atoms with Gasteiger partial charge in [-0.15, -0.1) is 0 Å². The number of hydrogen-bond acceptors (Lipinski definition) is 2. The molecule has 1 fully saturated rings. The van der Waals surface area contributed by atoms with Crippen LogP contribution in [0.25, 0.3) is 5.69 Å². The Balaban J connectivity index is 1.57. The van der Waals surface area contributed by atoms with Crippen molar-refractivity contribution < 1.29 is 4.79 Å². The van der Waals surface area contributed by atoms with Crippen LogP contribution in [0.4, 0.5) is 5.69 Å². The Bertz CT molecular complexity index is 1070. The summed E-state index contributed by atoms with van der Waals surface area (Å²) in [6.45, 7) is 1.84. The van der Waals surface area contributed by atoms with Crippen molar-refractivity contribution in [3.63, 3.8) is 0 Å². The van der Waals surface area contributed by atoms with E-state index in [1.807, 2.05) is 68.6 Å². The van der Waals surface area contributed by atoms with Gasteiger partial charge in [0, 0.05) is 17.4 Å². The predicted octanol–water partition coefficient (Wildman–Crippen LogP) is 3.99. The number of carbonyl (C=O) groups is 1. The van der Waals surface area contributed by atoms with E-state index in [9.17, 15) is 9.59 Å². The van der Waals surface area contributed by atoms with Gasteiger partial charge in [0.05, 0.1) is 11.4 Å². The molecule has 1 N–H and O–H groups in total. The SMILES string of the molecule is Cc1c(NC(=O)C2CC2c2cccc(Br)c2)c(=O)n(-c2ccccc2)n1C. The topological polar surface area (TPSA) is 56.0 Å². The Kier molecular flexibility index (Phi) is 4.52. The molecule has 2 atom stereocenters. The maximum Gasteiger partial charge on any atom is 0.295 e. The molecule has 1 amide bonds. The lowest BCUT2D eigenvalue weighted by atomic mass is 10.1. The summed E-state index contributed by atoms with van der Waals surface area (Å²) in [5.41, 5.74) is 2.79. The van der Waals surface area contributed by atoms with E-state index in [-0.39, 0.29) is 23.3 Å². The number of para-hydroxylation sites is 1. The van der Waals surface area contributed by atoms with Crippen molar-refractivity contribution >= 4 is 27.5 Å². The van der Waals surface area contributed by atoms with Gasteiger partial charge in [-0.2, -0.15) is 0 Å². The average molecular weight is 426 g/mol. The number of rotatable bonds is 4. The normalized spacial score (nSPS) is 18.3. The molecule has 1 aliphatic carbocycles. The highest BCUT2D eigenvalue weighted by Crippen LogP contribution is 2.48. The molecule has 1 heterocycles. The fourth-order valence-corrected chi connectivity index (χ4v) is 3.94. The van der Waals surface area contributed by atoms with E-state index in [4.69, 9.17) is 0 Å². The summed E-state index contributed by atoms with van der Waals surface area (Å²) in [7, 11) is 1.82. The molecule has 1 aliphatic rings. The lowest BCUT2D eigenvalue weighted by Crippen LogP contribution is -2.23. The lowest BCUT2D eigenvalue weighted by molar-refractivity contribution is -0.117. The van der Waals surface area contributed by atoms with Crippen LogP contribution in [0.3, 0.4) is 0 Å². The highest BCUT2D eigenvalue weighted by molar-refractivity contribution is 9.10.